The Morgan fingerprint density at radius 2 is 1.92 bits per heavy atom. The van der Waals surface area contributed by atoms with Crippen LogP contribution in [0.2, 0.25) is 0 Å². The molecule has 0 saturated heterocycles. The fourth-order valence-electron chi connectivity index (χ4n) is 2.99. The molecular weight excluding hydrogens is 355 g/mol. The molecule has 0 heterocycles. The zero-order chi connectivity index (χ0) is 18.7. The fraction of sp³-hybridized carbons (Fsp3) is 0.150. The third kappa shape index (κ3) is 3.88. The topological polar surface area (TPSA) is 55.8 Å². The molecule has 26 heavy (non-hydrogen) atoms. The van der Waals surface area contributed by atoms with Crippen LogP contribution in [0, 0.1) is 5.82 Å². The molecule has 0 bridgehead atoms. The van der Waals surface area contributed by atoms with Gasteiger partial charge in [-0.1, -0.05) is 18.2 Å². The highest BCUT2D eigenvalue weighted by molar-refractivity contribution is 7.94. The minimum absolute atomic E-state index is 0.135. The summed E-state index contributed by atoms with van der Waals surface area (Å²) in [6.45, 7) is 1.87. The number of carboxylic acid groups (broad SMARTS) is 1. The van der Waals surface area contributed by atoms with Gasteiger partial charge in [-0.2, -0.15) is 4.33 Å². The number of hydrogen-bond donors (Lipinski definition) is 1. The summed E-state index contributed by atoms with van der Waals surface area (Å²) >= 11 is 1.11. The number of allylic oxidation sites excluding steroid dienone is 2. The van der Waals surface area contributed by atoms with Gasteiger partial charge in [0.15, 0.2) is 0 Å². The molecular formula is C20H17FO4S. The highest BCUT2D eigenvalue weighted by Crippen LogP contribution is 2.43. The van der Waals surface area contributed by atoms with E-state index in [-0.39, 0.29) is 12.2 Å². The summed E-state index contributed by atoms with van der Waals surface area (Å²) in [4.78, 5) is 16.7. The monoisotopic (exact) mass is 372 g/mol. The Morgan fingerprint density at radius 1 is 1.19 bits per heavy atom. The predicted molar refractivity (Wildman–Crippen MR) is 99.5 cm³/mol. The highest BCUT2D eigenvalue weighted by atomic mass is 32.2. The zero-order valence-corrected chi connectivity index (χ0v) is 15.1. The van der Waals surface area contributed by atoms with Crippen molar-refractivity contribution >= 4 is 35.2 Å². The van der Waals surface area contributed by atoms with Crippen LogP contribution in [-0.2, 0) is 14.0 Å². The molecule has 0 fully saturated rings. The number of halogens is 1. The van der Waals surface area contributed by atoms with Crippen molar-refractivity contribution in [3.05, 3.63) is 70.5 Å². The first kappa shape index (κ1) is 18.4. The standard InChI is InChI=1S/C20H17FO4S/c1-12-17(9-13-3-6-15(7-4-13)26-25-24-2)16-8-5-14(21)10-19(16)18(12)11-20(22)23/h3-10H,11H2,1-2H3,(H,22,23)/b17-9+. The SMILES string of the molecule is COOSc1ccc(/C=C2\C(C)=C(CC(=O)O)c3cc(F)ccc32)cc1. The summed E-state index contributed by atoms with van der Waals surface area (Å²) in [7, 11) is 1.44. The first-order valence-electron chi connectivity index (χ1n) is 7.91. The summed E-state index contributed by atoms with van der Waals surface area (Å²) in [6, 6.07) is 12.2. The lowest BCUT2D eigenvalue weighted by molar-refractivity contribution is -0.160. The molecule has 1 aliphatic carbocycles. The van der Waals surface area contributed by atoms with Crippen LogP contribution in [0.15, 0.2) is 52.9 Å². The molecule has 3 rings (SSSR count). The van der Waals surface area contributed by atoms with Crippen molar-refractivity contribution < 1.29 is 23.5 Å². The van der Waals surface area contributed by atoms with Gasteiger partial charge in [-0.05, 0) is 70.7 Å². The molecule has 0 spiro atoms. The smallest absolute Gasteiger partial charge is 0.307 e. The van der Waals surface area contributed by atoms with Crippen LogP contribution < -0.4 is 0 Å². The van der Waals surface area contributed by atoms with Crippen molar-refractivity contribution in [1.82, 2.24) is 0 Å². The number of carbonyl (C=O) groups is 1. The number of aliphatic carboxylic acids is 1. The maximum Gasteiger partial charge on any atom is 0.307 e. The molecule has 0 saturated carbocycles. The maximum atomic E-state index is 13.7. The molecule has 134 valence electrons. The number of fused-ring (bicyclic) bond motifs is 1. The molecule has 2 aromatic carbocycles. The zero-order valence-electron chi connectivity index (χ0n) is 14.3. The first-order chi connectivity index (χ1) is 12.5. The van der Waals surface area contributed by atoms with Crippen molar-refractivity contribution in [2.75, 3.05) is 7.11 Å². The quantitative estimate of drug-likeness (QED) is 0.428. The van der Waals surface area contributed by atoms with Crippen LogP contribution in [0.5, 0.6) is 0 Å². The lowest BCUT2D eigenvalue weighted by Crippen LogP contribution is -1.97. The lowest BCUT2D eigenvalue weighted by Gasteiger charge is -2.05. The second kappa shape index (κ2) is 7.86. The first-order valence-corrected chi connectivity index (χ1v) is 8.65. The van der Waals surface area contributed by atoms with E-state index >= 15 is 0 Å². The van der Waals surface area contributed by atoms with E-state index < -0.39 is 5.97 Å². The Labute approximate surface area is 155 Å². The van der Waals surface area contributed by atoms with Gasteiger partial charge in [-0.25, -0.2) is 9.28 Å². The summed E-state index contributed by atoms with van der Waals surface area (Å²) < 4.78 is 18.5. The third-order valence-corrected chi connectivity index (χ3v) is 4.84. The molecule has 0 atom stereocenters. The summed E-state index contributed by atoms with van der Waals surface area (Å²) in [6.07, 6.45) is 1.84. The average molecular weight is 372 g/mol. The van der Waals surface area contributed by atoms with Gasteiger partial charge < -0.3 is 5.11 Å². The highest BCUT2D eigenvalue weighted by Gasteiger charge is 2.25. The van der Waals surface area contributed by atoms with Gasteiger partial charge in [-0.3, -0.25) is 4.79 Å². The van der Waals surface area contributed by atoms with Crippen molar-refractivity contribution in [1.29, 1.82) is 0 Å². The molecule has 0 aromatic heterocycles. The Kier molecular flexibility index (Phi) is 5.56. The van der Waals surface area contributed by atoms with Crippen molar-refractivity contribution in [2.24, 2.45) is 0 Å². The van der Waals surface area contributed by atoms with Gasteiger partial charge in [0.25, 0.3) is 0 Å². The van der Waals surface area contributed by atoms with Crippen LogP contribution in [0.4, 0.5) is 4.39 Å². The van der Waals surface area contributed by atoms with Gasteiger partial charge in [0, 0.05) is 4.90 Å². The predicted octanol–water partition coefficient (Wildman–Crippen LogP) is 5.21. The van der Waals surface area contributed by atoms with Crippen molar-refractivity contribution in [3.63, 3.8) is 0 Å². The number of hydrogen-bond acceptors (Lipinski definition) is 4. The Hall–Kier alpha value is -2.41. The van der Waals surface area contributed by atoms with E-state index in [0.29, 0.717) is 11.1 Å². The Bertz CT molecular complexity index is 901. The van der Waals surface area contributed by atoms with E-state index in [2.05, 4.69) is 4.89 Å². The molecule has 0 radical (unpaired) electrons. The van der Waals surface area contributed by atoms with Crippen LogP contribution in [0.25, 0.3) is 17.2 Å². The van der Waals surface area contributed by atoms with Crippen molar-refractivity contribution in [3.8, 4) is 0 Å². The van der Waals surface area contributed by atoms with E-state index in [1.807, 2.05) is 37.3 Å². The van der Waals surface area contributed by atoms with E-state index in [0.717, 1.165) is 39.2 Å². The summed E-state index contributed by atoms with van der Waals surface area (Å²) in [5.74, 6) is -1.31. The second-order valence-electron chi connectivity index (χ2n) is 5.81. The molecule has 0 unspecified atom stereocenters. The average Bonchev–Trinajstić information content (AvgIpc) is 2.86. The molecule has 6 heteroatoms. The van der Waals surface area contributed by atoms with Crippen LogP contribution >= 0.6 is 12.0 Å². The van der Waals surface area contributed by atoms with Gasteiger partial charge >= 0.3 is 5.97 Å². The summed E-state index contributed by atoms with van der Waals surface area (Å²) in [5, 5.41) is 9.19. The summed E-state index contributed by atoms with van der Waals surface area (Å²) in [5.41, 5.74) is 4.86. The Morgan fingerprint density at radius 3 is 2.58 bits per heavy atom. The molecule has 4 nitrogen and oxygen atoms in total. The van der Waals surface area contributed by atoms with Gasteiger partial charge in [-0.15, -0.1) is 0 Å². The van der Waals surface area contributed by atoms with Gasteiger partial charge in [0.2, 0.25) is 0 Å². The normalized spacial score (nSPS) is 14.8. The maximum absolute atomic E-state index is 13.7. The number of carboxylic acids is 1. The molecule has 2 aromatic rings. The van der Waals surface area contributed by atoms with Crippen molar-refractivity contribution in [2.45, 2.75) is 18.2 Å². The molecule has 0 aliphatic heterocycles. The second-order valence-corrected chi connectivity index (χ2v) is 6.58. The van der Waals surface area contributed by atoms with Gasteiger partial charge in [0.05, 0.1) is 25.6 Å². The largest absolute Gasteiger partial charge is 0.481 e. The van der Waals surface area contributed by atoms with Crippen LogP contribution in [-0.4, -0.2) is 18.2 Å². The lowest BCUT2D eigenvalue weighted by atomic mass is 10.0. The minimum atomic E-state index is -0.935. The van der Waals surface area contributed by atoms with E-state index in [9.17, 15) is 14.3 Å². The van der Waals surface area contributed by atoms with E-state index in [4.69, 9.17) is 4.33 Å². The van der Waals surface area contributed by atoms with Gasteiger partial charge in [0.1, 0.15) is 5.82 Å². The number of benzene rings is 2. The molecule has 1 aliphatic rings. The third-order valence-electron chi connectivity index (χ3n) is 4.17. The van der Waals surface area contributed by atoms with Crippen LogP contribution in [0.1, 0.15) is 30.0 Å². The fourth-order valence-corrected chi connectivity index (χ4v) is 3.39. The van der Waals surface area contributed by atoms with E-state index in [1.165, 1.54) is 19.2 Å². The van der Waals surface area contributed by atoms with Crippen LogP contribution in [0.3, 0.4) is 0 Å². The minimum Gasteiger partial charge on any atom is -0.481 e. The van der Waals surface area contributed by atoms with E-state index in [1.54, 1.807) is 6.07 Å². The molecule has 1 N–H and O–H groups in total. The number of rotatable bonds is 6. The Balaban J connectivity index is 1.99. The molecule has 0 amide bonds.